The van der Waals surface area contributed by atoms with Gasteiger partial charge >= 0.3 is 0 Å². The molecule has 1 aliphatic heterocycles. The highest BCUT2D eigenvalue weighted by atomic mass is 32.1. The lowest BCUT2D eigenvalue weighted by Crippen LogP contribution is -2.44. The topological polar surface area (TPSA) is 67.2 Å². The molecule has 0 saturated carbocycles. The molecule has 0 radical (unpaired) electrons. The quantitative estimate of drug-likeness (QED) is 0.451. The summed E-state index contributed by atoms with van der Waals surface area (Å²) < 4.78 is 1.79. The fourth-order valence-corrected chi connectivity index (χ4v) is 4.71. The first kappa shape index (κ1) is 19.8. The standard InChI is InChI=1S/C23H24N6OS/c1-27-5-7-29(8-6-27)23-26-21(15-31-23)22(30)11-20-10-18-9-16(3-4-17(18)12-24-20)19-13-25-28(2)14-19/h3-4,9-10,12-15H,5-8,11H2,1-2H3. The number of hydrogen-bond acceptors (Lipinski definition) is 7. The van der Waals surface area contributed by atoms with Crippen molar-refractivity contribution in [2.24, 2.45) is 7.05 Å². The van der Waals surface area contributed by atoms with Gasteiger partial charge in [-0.25, -0.2) is 4.98 Å². The minimum atomic E-state index is 0.00638. The number of carbonyl (C=O) groups excluding carboxylic acids is 1. The molecule has 8 heteroatoms. The second-order valence-electron chi connectivity index (χ2n) is 8.05. The van der Waals surface area contributed by atoms with Crippen molar-refractivity contribution in [3.05, 3.63) is 59.6 Å². The molecule has 158 valence electrons. The van der Waals surface area contributed by atoms with Gasteiger partial charge in [-0.15, -0.1) is 11.3 Å². The largest absolute Gasteiger partial charge is 0.346 e. The zero-order chi connectivity index (χ0) is 21.4. The molecule has 3 aromatic heterocycles. The third-order valence-electron chi connectivity index (χ3n) is 5.71. The van der Waals surface area contributed by atoms with Gasteiger partial charge in [0.1, 0.15) is 5.69 Å². The molecular weight excluding hydrogens is 408 g/mol. The van der Waals surface area contributed by atoms with Crippen LogP contribution in [-0.2, 0) is 13.5 Å². The first-order valence-corrected chi connectivity index (χ1v) is 11.2. The number of Topliss-reactive ketones (excluding diaryl/α,β-unsaturated/α-hetero) is 1. The Bertz CT molecular complexity index is 1240. The lowest BCUT2D eigenvalue weighted by atomic mass is 10.0. The molecule has 7 nitrogen and oxygen atoms in total. The average molecular weight is 433 g/mol. The van der Waals surface area contributed by atoms with E-state index in [0.717, 1.165) is 58.9 Å². The molecule has 5 rings (SSSR count). The van der Waals surface area contributed by atoms with Crippen molar-refractivity contribution in [2.45, 2.75) is 6.42 Å². The number of piperazine rings is 1. The van der Waals surface area contributed by atoms with Crippen molar-refractivity contribution in [3.8, 4) is 11.1 Å². The van der Waals surface area contributed by atoms with Gasteiger partial charge in [-0.2, -0.15) is 5.10 Å². The number of rotatable bonds is 5. The fourth-order valence-electron chi connectivity index (χ4n) is 3.82. The summed E-state index contributed by atoms with van der Waals surface area (Å²) in [6.45, 7) is 3.93. The Morgan fingerprint density at radius 2 is 1.87 bits per heavy atom. The fraction of sp³-hybridized carbons (Fsp3) is 0.304. The minimum absolute atomic E-state index is 0.00638. The van der Waals surface area contributed by atoms with Gasteiger partial charge in [0.15, 0.2) is 10.9 Å². The normalized spacial score (nSPS) is 15.0. The van der Waals surface area contributed by atoms with Crippen LogP contribution in [0.5, 0.6) is 0 Å². The van der Waals surface area contributed by atoms with Gasteiger partial charge < -0.3 is 9.80 Å². The summed E-state index contributed by atoms with van der Waals surface area (Å²) in [5, 5.41) is 9.17. The number of fused-ring (bicyclic) bond motifs is 1. The van der Waals surface area contributed by atoms with E-state index >= 15 is 0 Å². The number of carbonyl (C=O) groups is 1. The predicted molar refractivity (Wildman–Crippen MR) is 124 cm³/mol. The second kappa shape index (κ2) is 8.20. The van der Waals surface area contributed by atoms with E-state index in [1.165, 1.54) is 0 Å². The van der Waals surface area contributed by atoms with Crippen molar-refractivity contribution in [3.63, 3.8) is 0 Å². The maximum atomic E-state index is 12.9. The summed E-state index contributed by atoms with van der Waals surface area (Å²) in [4.78, 5) is 26.5. The number of pyridine rings is 1. The van der Waals surface area contributed by atoms with Gasteiger partial charge in [-0.05, 0) is 30.1 Å². The maximum absolute atomic E-state index is 12.9. The summed E-state index contributed by atoms with van der Waals surface area (Å²) in [5.74, 6) is 0.00638. The summed E-state index contributed by atoms with van der Waals surface area (Å²) in [7, 11) is 4.04. The van der Waals surface area contributed by atoms with Crippen molar-refractivity contribution >= 4 is 33.0 Å². The molecule has 4 aromatic rings. The Morgan fingerprint density at radius 3 is 2.65 bits per heavy atom. The molecule has 31 heavy (non-hydrogen) atoms. The van der Waals surface area contributed by atoms with Crippen LogP contribution in [0.2, 0.25) is 0 Å². The van der Waals surface area contributed by atoms with Crippen molar-refractivity contribution in [1.82, 2.24) is 24.6 Å². The Balaban J connectivity index is 1.33. The number of nitrogens with zero attached hydrogens (tertiary/aromatic N) is 6. The molecule has 1 aliphatic rings. The van der Waals surface area contributed by atoms with E-state index in [9.17, 15) is 4.79 Å². The highest BCUT2D eigenvalue weighted by molar-refractivity contribution is 7.13. The van der Waals surface area contributed by atoms with E-state index in [4.69, 9.17) is 0 Å². The smallest absolute Gasteiger partial charge is 0.188 e. The summed E-state index contributed by atoms with van der Waals surface area (Å²) in [5.41, 5.74) is 3.46. The summed E-state index contributed by atoms with van der Waals surface area (Å²) in [6, 6.07) is 8.25. The highest BCUT2D eigenvalue weighted by Gasteiger charge is 2.19. The van der Waals surface area contributed by atoms with E-state index in [0.29, 0.717) is 5.69 Å². The first-order valence-electron chi connectivity index (χ1n) is 10.3. The average Bonchev–Trinajstić information content (AvgIpc) is 3.43. The van der Waals surface area contributed by atoms with Crippen LogP contribution in [0.1, 0.15) is 16.2 Å². The summed E-state index contributed by atoms with van der Waals surface area (Å²) in [6.07, 6.45) is 5.93. The van der Waals surface area contributed by atoms with E-state index < -0.39 is 0 Å². The lowest BCUT2D eigenvalue weighted by molar-refractivity contribution is 0.0988. The number of hydrogen-bond donors (Lipinski definition) is 0. The maximum Gasteiger partial charge on any atom is 0.188 e. The van der Waals surface area contributed by atoms with Crippen LogP contribution < -0.4 is 4.90 Å². The van der Waals surface area contributed by atoms with Gasteiger partial charge in [-0.3, -0.25) is 14.5 Å². The van der Waals surface area contributed by atoms with E-state index in [1.807, 2.05) is 37.1 Å². The first-order chi connectivity index (χ1) is 15.0. The third-order valence-corrected chi connectivity index (χ3v) is 6.61. The van der Waals surface area contributed by atoms with Gasteiger partial charge in [0.2, 0.25) is 0 Å². The molecule has 4 heterocycles. The zero-order valence-corrected chi connectivity index (χ0v) is 18.5. The number of ketones is 1. The van der Waals surface area contributed by atoms with E-state index in [2.05, 4.69) is 50.1 Å². The molecule has 0 spiro atoms. The molecule has 1 fully saturated rings. The van der Waals surface area contributed by atoms with Crippen LogP contribution in [0.3, 0.4) is 0 Å². The Kier molecular flexibility index (Phi) is 5.25. The number of aryl methyl sites for hydroxylation is 1. The van der Waals surface area contributed by atoms with Crippen molar-refractivity contribution in [2.75, 3.05) is 38.1 Å². The van der Waals surface area contributed by atoms with E-state index in [-0.39, 0.29) is 12.2 Å². The van der Waals surface area contributed by atoms with Crippen LogP contribution in [0, 0.1) is 0 Å². The Labute approximate surface area is 185 Å². The number of benzene rings is 1. The number of anilines is 1. The molecule has 0 N–H and O–H groups in total. The molecule has 0 aliphatic carbocycles. The van der Waals surface area contributed by atoms with E-state index in [1.54, 1.807) is 16.0 Å². The lowest BCUT2D eigenvalue weighted by Gasteiger charge is -2.32. The predicted octanol–water partition coefficient (Wildman–Crippen LogP) is 3.27. The van der Waals surface area contributed by atoms with Crippen LogP contribution in [0.15, 0.2) is 48.2 Å². The molecule has 0 bridgehead atoms. The number of aromatic nitrogens is 4. The Hall–Kier alpha value is -3.10. The minimum Gasteiger partial charge on any atom is -0.346 e. The second-order valence-corrected chi connectivity index (χ2v) is 8.88. The molecule has 0 unspecified atom stereocenters. The van der Waals surface area contributed by atoms with Crippen LogP contribution in [-0.4, -0.2) is 63.7 Å². The molecule has 1 aromatic carbocycles. The van der Waals surface area contributed by atoms with Gasteiger partial charge in [0.05, 0.1) is 12.6 Å². The molecular formula is C23H24N6OS. The van der Waals surface area contributed by atoms with Gasteiger partial charge in [0, 0.05) is 67.6 Å². The molecule has 0 atom stereocenters. The number of likely N-dealkylation sites (N-methyl/N-ethyl adjacent to an activating group) is 1. The van der Waals surface area contributed by atoms with Crippen LogP contribution >= 0.6 is 11.3 Å². The SMILES string of the molecule is CN1CCN(c2nc(C(=O)Cc3cc4cc(-c5cnn(C)c5)ccc4cn3)cs2)CC1. The zero-order valence-electron chi connectivity index (χ0n) is 17.7. The van der Waals surface area contributed by atoms with Crippen LogP contribution in [0.25, 0.3) is 21.9 Å². The monoisotopic (exact) mass is 432 g/mol. The number of thiazole rings is 1. The van der Waals surface area contributed by atoms with Crippen molar-refractivity contribution in [1.29, 1.82) is 0 Å². The molecule has 1 saturated heterocycles. The Morgan fingerprint density at radius 1 is 1.03 bits per heavy atom. The summed E-state index contributed by atoms with van der Waals surface area (Å²) >= 11 is 1.55. The molecule has 0 amide bonds. The highest BCUT2D eigenvalue weighted by Crippen LogP contribution is 2.25. The van der Waals surface area contributed by atoms with Gasteiger partial charge in [-0.1, -0.05) is 12.1 Å². The third kappa shape index (κ3) is 4.22. The van der Waals surface area contributed by atoms with Crippen molar-refractivity contribution < 1.29 is 4.79 Å². The van der Waals surface area contributed by atoms with Crippen LogP contribution in [0.4, 0.5) is 5.13 Å². The van der Waals surface area contributed by atoms with Gasteiger partial charge in [0.25, 0.3) is 0 Å².